The molecule has 0 rings (SSSR count). The minimum atomic E-state index is -0.980. The molecule has 15 heavy (non-hydrogen) atoms. The minimum Gasteiger partial charge on any atom is -0.478 e. The van der Waals surface area contributed by atoms with Crippen LogP contribution in [-0.2, 0) is 8.53 Å². The summed E-state index contributed by atoms with van der Waals surface area (Å²) in [7, 11) is 0. The predicted molar refractivity (Wildman–Crippen MR) is 67.4 cm³/mol. The lowest BCUT2D eigenvalue weighted by atomic mass is 10.3. The highest BCUT2D eigenvalue weighted by molar-refractivity contribution is 6.51. The fraction of sp³-hybridized carbons (Fsp3) is 1.00. The first-order valence-corrected chi connectivity index (χ1v) is 8.65. The molecule has 0 fully saturated rings. The Bertz CT molecular complexity index is 105. The van der Waals surface area contributed by atoms with Crippen LogP contribution < -0.4 is 0 Å². The van der Waals surface area contributed by atoms with Gasteiger partial charge in [0.15, 0.2) is 0 Å². The van der Waals surface area contributed by atoms with E-state index >= 15 is 0 Å². The van der Waals surface area contributed by atoms with Crippen LogP contribution in [0.2, 0.25) is 10.6 Å². The summed E-state index contributed by atoms with van der Waals surface area (Å²) in [5.74, 6) is 0. The Morgan fingerprint density at radius 3 is 1.93 bits per heavy atom. The van der Waals surface area contributed by atoms with Gasteiger partial charge in [-0.1, -0.05) is 50.6 Å². The van der Waals surface area contributed by atoms with E-state index < -0.39 is 14.5 Å². The molecule has 0 saturated heterocycles. The highest BCUT2D eigenvalue weighted by Crippen LogP contribution is 2.13. The first kappa shape index (κ1) is 15.5. The number of hydrogen-bond donors (Lipinski definition) is 0. The van der Waals surface area contributed by atoms with Crippen molar-refractivity contribution in [3.63, 3.8) is 0 Å². The third-order valence-electron chi connectivity index (χ3n) is 2.44. The largest absolute Gasteiger partial charge is 0.478 e. The molecule has 0 saturated carbocycles. The van der Waals surface area contributed by atoms with E-state index in [1.54, 1.807) is 0 Å². The zero-order chi connectivity index (χ0) is 11.5. The molecule has 0 amide bonds. The zero-order valence-corrected chi connectivity index (χ0v) is 12.1. The van der Waals surface area contributed by atoms with Gasteiger partial charge in [0.25, 0.3) is 0 Å². The molecule has 0 aliphatic heterocycles. The Morgan fingerprint density at radius 2 is 1.53 bits per heavy atom. The van der Waals surface area contributed by atoms with Gasteiger partial charge in [-0.25, -0.2) is 0 Å². The van der Waals surface area contributed by atoms with E-state index in [0.29, 0.717) is 0 Å². The van der Waals surface area contributed by atoms with Crippen LogP contribution in [0, 0.1) is 0 Å². The molecule has 0 aliphatic carbocycles. The average Bonchev–Trinajstić information content (AvgIpc) is 2.19. The normalized spacial score (nSPS) is 12.8. The molecule has 3 heteroatoms. The Morgan fingerprint density at radius 1 is 0.933 bits per heavy atom. The van der Waals surface area contributed by atoms with E-state index in [4.69, 9.17) is 8.53 Å². The molecular weight excluding hydrogens is 203 g/mol. The van der Waals surface area contributed by atoms with Crippen molar-refractivity contribution in [3.05, 3.63) is 0 Å². The second-order valence-electron chi connectivity index (χ2n) is 4.01. The third kappa shape index (κ3) is 8.28. The molecule has 1 unspecified atom stereocenters. The second-order valence-corrected chi connectivity index (χ2v) is 6.68. The van der Waals surface area contributed by atoms with Gasteiger partial charge in [0, 0.05) is 6.61 Å². The van der Waals surface area contributed by atoms with Gasteiger partial charge in [-0.05, 0) is 13.3 Å². The summed E-state index contributed by atoms with van der Waals surface area (Å²) >= 11 is -0.980. The highest BCUT2D eigenvalue weighted by Gasteiger charge is 2.22. The lowest BCUT2D eigenvalue weighted by Gasteiger charge is -2.22. The monoisotopic (exact) mass is 230 g/mol. The molecule has 0 heterocycles. The molecule has 0 aromatic heterocycles. The fourth-order valence-corrected chi connectivity index (χ4v) is 4.24. The van der Waals surface area contributed by atoms with Crippen LogP contribution in [0.15, 0.2) is 0 Å². The highest BCUT2D eigenvalue weighted by atomic mass is 27.2. The van der Waals surface area contributed by atoms with E-state index in [-0.39, 0.29) is 6.29 Å². The molecule has 0 radical (unpaired) electrons. The third-order valence-corrected chi connectivity index (χ3v) is 5.57. The van der Waals surface area contributed by atoms with Crippen molar-refractivity contribution in [1.29, 1.82) is 0 Å². The van der Waals surface area contributed by atoms with Crippen LogP contribution in [0.4, 0.5) is 0 Å². The topological polar surface area (TPSA) is 18.5 Å². The van der Waals surface area contributed by atoms with Gasteiger partial charge in [-0.15, -0.1) is 0 Å². The Hall–Kier alpha value is 0.452. The van der Waals surface area contributed by atoms with Gasteiger partial charge in [-0.2, -0.15) is 0 Å². The lowest BCUT2D eigenvalue weighted by Crippen LogP contribution is -2.27. The smallest absolute Gasteiger partial charge is 0.462 e. The van der Waals surface area contributed by atoms with Crippen molar-refractivity contribution in [3.8, 4) is 0 Å². The van der Waals surface area contributed by atoms with Crippen LogP contribution in [-0.4, -0.2) is 27.4 Å². The summed E-state index contributed by atoms with van der Waals surface area (Å²) in [5.41, 5.74) is 0. The fourth-order valence-electron chi connectivity index (χ4n) is 1.75. The van der Waals surface area contributed by atoms with Crippen LogP contribution in [0.5, 0.6) is 0 Å². The lowest BCUT2D eigenvalue weighted by molar-refractivity contribution is -0.0831. The van der Waals surface area contributed by atoms with Gasteiger partial charge in [0.2, 0.25) is 0 Å². The van der Waals surface area contributed by atoms with Crippen LogP contribution in [0.1, 0.15) is 53.4 Å². The van der Waals surface area contributed by atoms with Gasteiger partial charge in [0.1, 0.15) is 6.29 Å². The molecule has 1 atom stereocenters. The molecule has 90 valence electrons. The zero-order valence-electron chi connectivity index (χ0n) is 10.9. The summed E-state index contributed by atoms with van der Waals surface area (Å²) in [5, 5.41) is 2.59. The summed E-state index contributed by atoms with van der Waals surface area (Å²) in [6.07, 6.45) is 4.77. The Kier molecular flexibility index (Phi) is 11.3. The maximum absolute atomic E-state index is 6.13. The molecule has 0 aromatic carbocycles. The van der Waals surface area contributed by atoms with Crippen molar-refractivity contribution >= 4 is 14.5 Å². The molecule has 0 N–H and O–H groups in total. The molecule has 0 aromatic rings. The SMILES string of the molecule is CCCC(OCC)[O][Al]([CH2]CC)[CH2]CC. The Balaban J connectivity index is 3.93. The van der Waals surface area contributed by atoms with Gasteiger partial charge < -0.3 is 8.53 Å². The van der Waals surface area contributed by atoms with Crippen LogP contribution >= 0.6 is 0 Å². The maximum atomic E-state index is 6.13. The molecule has 0 aliphatic rings. The summed E-state index contributed by atoms with van der Waals surface area (Å²) in [4.78, 5) is 0. The second kappa shape index (κ2) is 11.0. The van der Waals surface area contributed by atoms with Crippen molar-refractivity contribution in [1.82, 2.24) is 0 Å². The summed E-state index contributed by atoms with van der Waals surface area (Å²) < 4.78 is 11.7. The number of rotatable bonds is 10. The first-order valence-electron chi connectivity index (χ1n) is 6.55. The van der Waals surface area contributed by atoms with Crippen LogP contribution in [0.3, 0.4) is 0 Å². The van der Waals surface area contributed by atoms with E-state index in [0.717, 1.165) is 19.4 Å². The van der Waals surface area contributed by atoms with E-state index in [2.05, 4.69) is 20.8 Å². The predicted octanol–water partition coefficient (Wildman–Crippen LogP) is 3.98. The van der Waals surface area contributed by atoms with Crippen LogP contribution in [0.25, 0.3) is 0 Å². The first-order chi connectivity index (χ1) is 7.28. The standard InChI is InChI=1S/C6H13O2.2C3H7.Al/c1-3-5-6(7)8-4-2;2*1-3-2;/h6H,3-5H2,1-2H3;2*1,3H2,2H3;/q-1;;;+1. The van der Waals surface area contributed by atoms with E-state index in [9.17, 15) is 0 Å². The molecule has 2 nitrogen and oxygen atoms in total. The van der Waals surface area contributed by atoms with Gasteiger partial charge in [0.05, 0.1) is 0 Å². The van der Waals surface area contributed by atoms with Crippen molar-refractivity contribution < 1.29 is 8.53 Å². The maximum Gasteiger partial charge on any atom is 0.462 e. The number of ether oxygens (including phenoxy) is 1. The van der Waals surface area contributed by atoms with Gasteiger partial charge in [-0.3, -0.25) is 0 Å². The van der Waals surface area contributed by atoms with Crippen molar-refractivity contribution in [2.45, 2.75) is 70.2 Å². The van der Waals surface area contributed by atoms with Crippen molar-refractivity contribution in [2.24, 2.45) is 0 Å². The van der Waals surface area contributed by atoms with E-state index in [1.165, 1.54) is 23.4 Å². The molecule has 0 bridgehead atoms. The molecule has 0 spiro atoms. The van der Waals surface area contributed by atoms with E-state index in [1.807, 2.05) is 6.92 Å². The summed E-state index contributed by atoms with van der Waals surface area (Å²) in [6, 6.07) is 0. The number of hydrogen-bond acceptors (Lipinski definition) is 2. The summed E-state index contributed by atoms with van der Waals surface area (Å²) in [6.45, 7) is 9.49. The minimum absolute atomic E-state index is 0.0785. The Labute approximate surface area is 100 Å². The molecular formula is C12H27AlO2. The average molecular weight is 230 g/mol. The van der Waals surface area contributed by atoms with Crippen molar-refractivity contribution in [2.75, 3.05) is 6.61 Å². The quantitative estimate of drug-likeness (QED) is 0.417. The van der Waals surface area contributed by atoms with Gasteiger partial charge >= 0.3 is 14.5 Å².